The summed E-state index contributed by atoms with van der Waals surface area (Å²) in [5, 5.41) is 3.08. The predicted molar refractivity (Wildman–Crippen MR) is 93.7 cm³/mol. The van der Waals surface area contributed by atoms with Gasteiger partial charge >= 0.3 is 6.03 Å². The molecule has 0 fully saturated rings. The average molecular weight is 311 g/mol. The largest absolute Gasteiger partial charge is 0.345 e. The molecule has 3 rings (SSSR count). The maximum absolute atomic E-state index is 12.8. The van der Waals surface area contributed by atoms with Gasteiger partial charge in [0.25, 0.3) is 0 Å². The van der Waals surface area contributed by atoms with Crippen molar-refractivity contribution >= 4 is 11.7 Å². The Balaban J connectivity index is 1.84. The Hall–Kier alpha value is -2.23. The number of aromatic nitrogens is 1. The Bertz CT molecular complexity index is 704. The zero-order valence-electron chi connectivity index (χ0n) is 14.2. The maximum Gasteiger partial charge on any atom is 0.322 e. The van der Waals surface area contributed by atoms with E-state index in [1.54, 1.807) is 0 Å². The van der Waals surface area contributed by atoms with Gasteiger partial charge in [-0.15, -0.1) is 0 Å². The molecule has 1 N–H and O–H groups in total. The molecule has 2 heterocycles. The number of amides is 2. The minimum atomic E-state index is 0.00264. The summed E-state index contributed by atoms with van der Waals surface area (Å²) < 4.78 is 2.35. The molecule has 1 aromatic heterocycles. The fourth-order valence-electron chi connectivity index (χ4n) is 3.43. The molecular formula is C19H25N3O. The summed E-state index contributed by atoms with van der Waals surface area (Å²) in [7, 11) is 0. The van der Waals surface area contributed by atoms with E-state index in [-0.39, 0.29) is 12.1 Å². The first-order chi connectivity index (χ1) is 11.1. The van der Waals surface area contributed by atoms with Crippen LogP contribution in [0.3, 0.4) is 0 Å². The van der Waals surface area contributed by atoms with Crippen molar-refractivity contribution in [1.29, 1.82) is 0 Å². The van der Waals surface area contributed by atoms with Crippen molar-refractivity contribution in [1.82, 2.24) is 9.47 Å². The van der Waals surface area contributed by atoms with Gasteiger partial charge in [-0.1, -0.05) is 31.5 Å². The summed E-state index contributed by atoms with van der Waals surface area (Å²) in [5.74, 6) is 0. The zero-order valence-corrected chi connectivity index (χ0v) is 14.2. The number of carbonyl (C=O) groups is 1. The van der Waals surface area contributed by atoms with E-state index in [1.165, 1.54) is 11.4 Å². The molecule has 0 radical (unpaired) electrons. The highest BCUT2D eigenvalue weighted by molar-refractivity contribution is 5.90. The zero-order chi connectivity index (χ0) is 16.4. The highest BCUT2D eigenvalue weighted by atomic mass is 16.2. The Kier molecular flexibility index (Phi) is 4.42. The molecule has 0 spiro atoms. The molecule has 1 aliphatic heterocycles. The third-order valence-electron chi connectivity index (χ3n) is 4.72. The number of hydrogen-bond donors (Lipinski definition) is 1. The van der Waals surface area contributed by atoms with Gasteiger partial charge in [-0.05, 0) is 44.0 Å². The van der Waals surface area contributed by atoms with E-state index in [0.717, 1.165) is 37.2 Å². The number of nitrogens with zero attached hydrogens (tertiary/aromatic N) is 2. The molecule has 23 heavy (non-hydrogen) atoms. The number of para-hydroxylation sites is 1. The topological polar surface area (TPSA) is 37.3 Å². The SMILES string of the molecule is CCC[C@H]1c2ccc(C)n2CCN1C(=O)Nc1ccccc1C. The number of carbonyl (C=O) groups excluding carboxylic acids is 1. The van der Waals surface area contributed by atoms with Gasteiger partial charge in [-0.25, -0.2) is 4.79 Å². The third kappa shape index (κ3) is 2.98. The van der Waals surface area contributed by atoms with Crippen molar-refractivity contribution in [3.05, 3.63) is 53.3 Å². The lowest BCUT2D eigenvalue weighted by atomic mass is 10.0. The molecule has 0 saturated heterocycles. The molecule has 0 unspecified atom stereocenters. The van der Waals surface area contributed by atoms with Crippen molar-refractivity contribution in [2.45, 2.75) is 46.2 Å². The van der Waals surface area contributed by atoms with Crippen molar-refractivity contribution in [2.24, 2.45) is 0 Å². The van der Waals surface area contributed by atoms with Crippen LogP contribution in [0, 0.1) is 13.8 Å². The van der Waals surface area contributed by atoms with Gasteiger partial charge in [0.15, 0.2) is 0 Å². The van der Waals surface area contributed by atoms with E-state index in [2.05, 4.69) is 35.9 Å². The summed E-state index contributed by atoms with van der Waals surface area (Å²) in [6.07, 6.45) is 2.05. The molecule has 122 valence electrons. The monoisotopic (exact) mass is 311 g/mol. The second kappa shape index (κ2) is 6.49. The van der Waals surface area contributed by atoms with Crippen molar-refractivity contribution in [3.8, 4) is 0 Å². The van der Waals surface area contributed by atoms with Gasteiger partial charge in [-0.3, -0.25) is 0 Å². The lowest BCUT2D eigenvalue weighted by molar-refractivity contribution is 0.162. The number of hydrogen-bond acceptors (Lipinski definition) is 1. The second-order valence-corrected chi connectivity index (χ2v) is 6.29. The summed E-state index contributed by atoms with van der Waals surface area (Å²) in [6.45, 7) is 7.95. The van der Waals surface area contributed by atoms with E-state index in [4.69, 9.17) is 0 Å². The molecular weight excluding hydrogens is 286 g/mol. The molecule has 0 bridgehead atoms. The number of benzene rings is 1. The van der Waals surface area contributed by atoms with Crippen LogP contribution < -0.4 is 5.32 Å². The van der Waals surface area contributed by atoms with E-state index in [9.17, 15) is 4.79 Å². The summed E-state index contributed by atoms with van der Waals surface area (Å²) in [6, 6.07) is 12.4. The van der Waals surface area contributed by atoms with E-state index >= 15 is 0 Å². The fraction of sp³-hybridized carbons (Fsp3) is 0.421. The van der Waals surface area contributed by atoms with Gasteiger partial charge in [-0.2, -0.15) is 0 Å². The quantitative estimate of drug-likeness (QED) is 0.890. The predicted octanol–water partition coefficient (Wildman–Crippen LogP) is 4.49. The molecule has 4 nitrogen and oxygen atoms in total. The molecule has 1 aliphatic rings. The van der Waals surface area contributed by atoms with Gasteiger partial charge in [0, 0.05) is 30.2 Å². The van der Waals surface area contributed by atoms with Crippen LogP contribution in [-0.4, -0.2) is 22.0 Å². The van der Waals surface area contributed by atoms with E-state index in [0.29, 0.717) is 0 Å². The van der Waals surface area contributed by atoms with Gasteiger partial charge < -0.3 is 14.8 Å². The first-order valence-corrected chi connectivity index (χ1v) is 8.41. The summed E-state index contributed by atoms with van der Waals surface area (Å²) >= 11 is 0. The van der Waals surface area contributed by atoms with Crippen LogP contribution in [0.5, 0.6) is 0 Å². The fourth-order valence-corrected chi connectivity index (χ4v) is 3.43. The van der Waals surface area contributed by atoms with E-state index in [1.807, 2.05) is 36.1 Å². The number of fused-ring (bicyclic) bond motifs is 1. The minimum absolute atomic E-state index is 0.00264. The standard InChI is InChI=1S/C19H25N3O/c1-4-7-17-18-11-10-15(3)21(18)12-13-22(17)19(23)20-16-9-6-5-8-14(16)2/h5-6,8-11,17H,4,7,12-13H2,1-3H3,(H,20,23)/t17-/m0/s1. The Morgan fingerprint density at radius 1 is 1.17 bits per heavy atom. The van der Waals surface area contributed by atoms with Crippen molar-refractivity contribution in [2.75, 3.05) is 11.9 Å². The van der Waals surface area contributed by atoms with Crippen LogP contribution in [0.2, 0.25) is 0 Å². The van der Waals surface area contributed by atoms with Crippen LogP contribution in [-0.2, 0) is 6.54 Å². The van der Waals surface area contributed by atoms with Crippen LogP contribution in [0.25, 0.3) is 0 Å². The maximum atomic E-state index is 12.8. The lowest BCUT2D eigenvalue weighted by Gasteiger charge is -2.37. The number of aryl methyl sites for hydroxylation is 2. The number of anilines is 1. The number of urea groups is 1. The van der Waals surface area contributed by atoms with Gasteiger partial charge in [0.1, 0.15) is 0 Å². The smallest absolute Gasteiger partial charge is 0.322 e. The minimum Gasteiger partial charge on any atom is -0.345 e. The first kappa shape index (κ1) is 15.7. The van der Waals surface area contributed by atoms with Crippen LogP contribution >= 0.6 is 0 Å². The normalized spacial score (nSPS) is 17.0. The molecule has 4 heteroatoms. The van der Waals surface area contributed by atoms with E-state index < -0.39 is 0 Å². The van der Waals surface area contributed by atoms with Gasteiger partial charge in [0.05, 0.1) is 6.04 Å². The molecule has 2 amide bonds. The summed E-state index contributed by atoms with van der Waals surface area (Å²) in [4.78, 5) is 14.8. The number of nitrogens with one attached hydrogen (secondary N) is 1. The molecule has 0 saturated carbocycles. The Morgan fingerprint density at radius 3 is 2.70 bits per heavy atom. The molecule has 0 aliphatic carbocycles. The molecule has 1 aromatic carbocycles. The lowest BCUT2D eigenvalue weighted by Crippen LogP contribution is -2.44. The molecule has 2 aromatic rings. The highest BCUT2D eigenvalue weighted by Crippen LogP contribution is 2.32. The molecule has 1 atom stereocenters. The number of rotatable bonds is 3. The van der Waals surface area contributed by atoms with Crippen molar-refractivity contribution < 1.29 is 4.79 Å². The first-order valence-electron chi connectivity index (χ1n) is 8.41. The average Bonchev–Trinajstić information content (AvgIpc) is 2.92. The van der Waals surface area contributed by atoms with Crippen LogP contribution in [0.15, 0.2) is 36.4 Å². The second-order valence-electron chi connectivity index (χ2n) is 6.29. The van der Waals surface area contributed by atoms with Gasteiger partial charge in [0.2, 0.25) is 0 Å². The van der Waals surface area contributed by atoms with Crippen molar-refractivity contribution in [3.63, 3.8) is 0 Å². The van der Waals surface area contributed by atoms with Crippen LogP contribution in [0.4, 0.5) is 10.5 Å². The summed E-state index contributed by atoms with van der Waals surface area (Å²) in [5.41, 5.74) is 4.52. The third-order valence-corrected chi connectivity index (χ3v) is 4.72. The Labute approximate surface area is 138 Å². The van der Waals surface area contributed by atoms with Crippen LogP contribution in [0.1, 0.15) is 42.8 Å². The highest BCUT2D eigenvalue weighted by Gasteiger charge is 2.31. The Morgan fingerprint density at radius 2 is 1.96 bits per heavy atom.